The second-order valence-electron chi connectivity index (χ2n) is 8.79. The van der Waals surface area contributed by atoms with Gasteiger partial charge in [0.2, 0.25) is 17.7 Å². The Morgan fingerprint density at radius 3 is 2.43 bits per heavy atom. The molecule has 0 aromatic heterocycles. The lowest BCUT2D eigenvalue weighted by atomic mass is 9.77. The molecule has 10 nitrogen and oxygen atoms in total. The van der Waals surface area contributed by atoms with Crippen LogP contribution in [0.1, 0.15) is 51.0 Å². The van der Waals surface area contributed by atoms with Crippen LogP contribution in [-0.4, -0.2) is 75.3 Å². The Hall–Kier alpha value is -2.57. The third-order valence-electron chi connectivity index (χ3n) is 5.94. The zero-order valence-electron chi connectivity index (χ0n) is 20.1. The van der Waals surface area contributed by atoms with Crippen molar-refractivity contribution in [3.8, 4) is 0 Å². The summed E-state index contributed by atoms with van der Waals surface area (Å²) in [6.07, 6.45) is 4.53. The summed E-state index contributed by atoms with van der Waals surface area (Å²) < 4.78 is 0. The van der Waals surface area contributed by atoms with Gasteiger partial charge in [-0.3, -0.25) is 19.8 Å². The van der Waals surface area contributed by atoms with Gasteiger partial charge in [0.15, 0.2) is 5.17 Å². The van der Waals surface area contributed by atoms with E-state index in [0.29, 0.717) is 18.6 Å². The highest BCUT2D eigenvalue weighted by molar-refractivity contribution is 8.13. The molecule has 192 valence electrons. The summed E-state index contributed by atoms with van der Waals surface area (Å²) in [5.74, 6) is -1.55. The molecule has 2 rings (SSSR count). The predicted molar refractivity (Wildman–Crippen MR) is 137 cm³/mol. The summed E-state index contributed by atoms with van der Waals surface area (Å²) in [6, 6.07) is 8.43. The smallest absolute Gasteiger partial charge is 0.426 e. The first kappa shape index (κ1) is 28.7. The molecule has 35 heavy (non-hydrogen) atoms. The SMILES string of the molecule is CC(=O)N[C@H](Cc1ccccc1)C(=O)N(CC(=O)N[C@@H](CCCSC(=N)N)B(O)O)C1CCCC1. The fraction of sp³-hybridized carbons (Fsp3) is 0.565. The van der Waals surface area contributed by atoms with Crippen molar-refractivity contribution in [2.24, 2.45) is 5.73 Å². The summed E-state index contributed by atoms with van der Waals surface area (Å²) >= 11 is 1.14. The standard InChI is InChI=1S/C23H36BN5O5S/c1-16(30)27-19(14-17-8-3-2-4-9-17)22(32)29(18-10-5-6-11-18)15-21(31)28-20(24(33)34)12-7-13-35-23(25)26/h2-4,8-9,18-20,33-34H,5-7,10-15H2,1H3,(H3,25,26)(H,27,30)(H,28,31)/t19-,20+/m1/s1. The molecule has 0 heterocycles. The third kappa shape index (κ3) is 10.3. The van der Waals surface area contributed by atoms with Crippen LogP contribution in [-0.2, 0) is 20.8 Å². The fourth-order valence-corrected chi connectivity index (χ4v) is 4.82. The van der Waals surface area contributed by atoms with Gasteiger partial charge in [0.05, 0.1) is 12.5 Å². The molecular formula is C23H36BN5O5S. The highest BCUT2D eigenvalue weighted by atomic mass is 32.2. The summed E-state index contributed by atoms with van der Waals surface area (Å²) in [4.78, 5) is 39.9. The van der Waals surface area contributed by atoms with Crippen molar-refractivity contribution in [1.82, 2.24) is 15.5 Å². The van der Waals surface area contributed by atoms with Gasteiger partial charge in [0.1, 0.15) is 6.04 Å². The minimum absolute atomic E-state index is 0.0231. The molecule has 0 saturated heterocycles. The quantitative estimate of drug-likeness (QED) is 0.0976. The van der Waals surface area contributed by atoms with Gasteiger partial charge >= 0.3 is 7.12 Å². The van der Waals surface area contributed by atoms with Crippen LogP contribution in [0.4, 0.5) is 0 Å². The molecule has 0 spiro atoms. The molecule has 1 aliphatic rings. The predicted octanol–water partition coefficient (Wildman–Crippen LogP) is 0.409. The number of hydrogen-bond acceptors (Lipinski definition) is 7. The van der Waals surface area contributed by atoms with Gasteiger partial charge in [0.25, 0.3) is 0 Å². The van der Waals surface area contributed by atoms with Gasteiger partial charge in [-0.2, -0.15) is 0 Å². The van der Waals surface area contributed by atoms with E-state index in [0.717, 1.165) is 43.0 Å². The minimum Gasteiger partial charge on any atom is -0.426 e. The number of nitrogens with zero attached hydrogens (tertiary/aromatic N) is 1. The van der Waals surface area contributed by atoms with Gasteiger partial charge in [-0.1, -0.05) is 54.9 Å². The highest BCUT2D eigenvalue weighted by Crippen LogP contribution is 2.24. The number of thioether (sulfide) groups is 1. The number of benzene rings is 1. The molecule has 0 aliphatic heterocycles. The molecule has 3 amide bonds. The zero-order chi connectivity index (χ0) is 25.8. The number of amidine groups is 1. The van der Waals surface area contributed by atoms with Crippen LogP contribution in [0.2, 0.25) is 0 Å². The molecule has 1 fully saturated rings. The Bertz CT molecular complexity index is 854. The molecule has 12 heteroatoms. The van der Waals surface area contributed by atoms with E-state index in [1.54, 1.807) is 0 Å². The van der Waals surface area contributed by atoms with E-state index in [-0.39, 0.29) is 36.0 Å². The number of hydrogen-bond donors (Lipinski definition) is 6. The second-order valence-corrected chi connectivity index (χ2v) is 9.93. The largest absolute Gasteiger partial charge is 0.475 e. The number of carbonyl (C=O) groups is 3. The van der Waals surface area contributed by atoms with Crippen molar-refractivity contribution in [1.29, 1.82) is 5.41 Å². The molecule has 2 atom stereocenters. The lowest BCUT2D eigenvalue weighted by Gasteiger charge is -2.32. The van der Waals surface area contributed by atoms with Crippen LogP contribution in [0.25, 0.3) is 0 Å². The van der Waals surface area contributed by atoms with Crippen LogP contribution in [0.3, 0.4) is 0 Å². The topological polar surface area (TPSA) is 169 Å². The highest BCUT2D eigenvalue weighted by Gasteiger charge is 2.34. The Morgan fingerprint density at radius 1 is 1.20 bits per heavy atom. The van der Waals surface area contributed by atoms with E-state index in [2.05, 4.69) is 10.6 Å². The van der Waals surface area contributed by atoms with E-state index in [1.165, 1.54) is 11.8 Å². The first-order chi connectivity index (χ1) is 16.7. The first-order valence-corrected chi connectivity index (χ1v) is 12.9. The second kappa shape index (κ2) is 14.7. The van der Waals surface area contributed by atoms with Crippen LogP contribution in [0.15, 0.2) is 30.3 Å². The normalized spacial score (nSPS) is 15.2. The number of nitrogens with two attached hydrogens (primary N) is 1. The molecule has 0 unspecified atom stereocenters. The summed E-state index contributed by atoms with van der Waals surface area (Å²) in [5, 5.41) is 32.0. The van der Waals surface area contributed by atoms with Crippen molar-refractivity contribution in [2.75, 3.05) is 12.3 Å². The zero-order valence-corrected chi connectivity index (χ0v) is 20.9. The number of amides is 3. The summed E-state index contributed by atoms with van der Waals surface area (Å²) in [5.41, 5.74) is 6.20. The first-order valence-electron chi connectivity index (χ1n) is 11.9. The van der Waals surface area contributed by atoms with E-state index in [4.69, 9.17) is 11.1 Å². The molecule has 7 N–H and O–H groups in total. The number of carbonyl (C=O) groups excluding carboxylic acids is 3. The molecule has 1 aliphatic carbocycles. The molecule has 1 aromatic rings. The Morgan fingerprint density at radius 2 is 1.86 bits per heavy atom. The third-order valence-corrected chi connectivity index (χ3v) is 6.75. The maximum Gasteiger partial charge on any atom is 0.475 e. The molecule has 0 bridgehead atoms. The lowest BCUT2D eigenvalue weighted by Crippen LogP contribution is -2.56. The Kier molecular flexibility index (Phi) is 12.1. The van der Waals surface area contributed by atoms with Gasteiger partial charge < -0.3 is 31.3 Å². The van der Waals surface area contributed by atoms with Crippen LogP contribution < -0.4 is 16.4 Å². The molecular weight excluding hydrogens is 469 g/mol. The average Bonchev–Trinajstić information content (AvgIpc) is 3.33. The van der Waals surface area contributed by atoms with Gasteiger partial charge in [-0.25, -0.2) is 0 Å². The Labute approximate surface area is 211 Å². The number of nitrogens with one attached hydrogen (secondary N) is 3. The van der Waals surface area contributed by atoms with E-state index in [1.807, 2.05) is 30.3 Å². The van der Waals surface area contributed by atoms with Crippen molar-refractivity contribution < 1.29 is 24.4 Å². The van der Waals surface area contributed by atoms with Crippen molar-refractivity contribution in [3.05, 3.63) is 35.9 Å². The lowest BCUT2D eigenvalue weighted by molar-refractivity contribution is -0.141. The van der Waals surface area contributed by atoms with E-state index < -0.39 is 25.0 Å². The number of rotatable bonds is 13. The monoisotopic (exact) mass is 505 g/mol. The minimum atomic E-state index is -1.76. The van der Waals surface area contributed by atoms with Crippen LogP contribution in [0, 0.1) is 5.41 Å². The van der Waals surface area contributed by atoms with E-state index in [9.17, 15) is 24.4 Å². The van der Waals surface area contributed by atoms with Gasteiger partial charge in [-0.05, 0) is 31.2 Å². The molecule has 0 radical (unpaired) electrons. The molecule has 1 saturated carbocycles. The average molecular weight is 505 g/mol. The van der Waals surface area contributed by atoms with E-state index >= 15 is 0 Å². The molecule has 1 aromatic carbocycles. The Balaban J connectivity index is 2.10. The maximum atomic E-state index is 13.6. The maximum absolute atomic E-state index is 13.6. The summed E-state index contributed by atoms with van der Waals surface area (Å²) in [6.45, 7) is 1.12. The summed E-state index contributed by atoms with van der Waals surface area (Å²) in [7, 11) is -1.76. The van der Waals surface area contributed by atoms with Crippen molar-refractivity contribution >= 4 is 41.8 Å². The van der Waals surface area contributed by atoms with Crippen LogP contribution >= 0.6 is 11.8 Å². The fourth-order valence-electron chi connectivity index (χ4n) is 4.29. The van der Waals surface area contributed by atoms with Crippen molar-refractivity contribution in [2.45, 2.75) is 69.9 Å². The van der Waals surface area contributed by atoms with Crippen LogP contribution in [0.5, 0.6) is 0 Å². The van der Waals surface area contributed by atoms with Gasteiger partial charge in [-0.15, -0.1) is 0 Å². The van der Waals surface area contributed by atoms with Gasteiger partial charge in [0, 0.05) is 25.1 Å². The van der Waals surface area contributed by atoms with Crippen molar-refractivity contribution in [3.63, 3.8) is 0 Å².